The van der Waals surface area contributed by atoms with Gasteiger partial charge in [-0.2, -0.15) is 5.10 Å². The number of likely N-dealkylation sites (tertiary alicyclic amines) is 1. The van der Waals surface area contributed by atoms with Crippen LogP contribution in [-0.2, 0) is 18.3 Å². The van der Waals surface area contributed by atoms with E-state index in [-0.39, 0.29) is 23.9 Å². The monoisotopic (exact) mass is 313 g/mol. The van der Waals surface area contributed by atoms with E-state index in [0.717, 1.165) is 5.69 Å². The molecular weight excluding hydrogens is 294 g/mol. The highest BCUT2D eigenvalue weighted by molar-refractivity contribution is 5.94. The molecule has 0 saturated carbocycles. The van der Waals surface area contributed by atoms with Gasteiger partial charge in [0, 0.05) is 39.6 Å². The van der Waals surface area contributed by atoms with Gasteiger partial charge in [-0.25, -0.2) is 0 Å². The van der Waals surface area contributed by atoms with Crippen molar-refractivity contribution in [3.05, 3.63) is 42.0 Å². The van der Waals surface area contributed by atoms with Crippen LogP contribution in [0, 0.1) is 0 Å². The van der Waals surface area contributed by atoms with E-state index >= 15 is 0 Å². The highest BCUT2D eigenvalue weighted by Gasteiger charge is 2.44. The summed E-state index contributed by atoms with van der Waals surface area (Å²) in [6, 6.07) is 5.76. The molecule has 120 valence electrons. The fourth-order valence-corrected chi connectivity index (χ4v) is 3.65. The zero-order chi connectivity index (χ0) is 16.1. The summed E-state index contributed by atoms with van der Waals surface area (Å²) in [5, 5.41) is 4.27. The normalized spacial score (nSPS) is 23.1. The third-order valence-corrected chi connectivity index (χ3v) is 4.89. The highest BCUT2D eigenvalue weighted by Crippen LogP contribution is 2.32. The van der Waals surface area contributed by atoms with Gasteiger partial charge in [0.2, 0.25) is 5.91 Å². The van der Waals surface area contributed by atoms with Crippen molar-refractivity contribution in [2.45, 2.75) is 18.5 Å². The SMILES string of the molecule is CN1C(=O)c2cccn2[C@@H]2CN(C(=O)Cc3ccn(C)n3)C[C@@H]21. The fourth-order valence-electron chi connectivity index (χ4n) is 3.65. The molecule has 0 aliphatic carbocycles. The molecule has 0 unspecified atom stereocenters. The number of hydrogen-bond donors (Lipinski definition) is 0. The summed E-state index contributed by atoms with van der Waals surface area (Å²) in [6.45, 7) is 1.21. The van der Waals surface area contributed by atoms with Crippen molar-refractivity contribution in [1.29, 1.82) is 0 Å². The molecule has 0 radical (unpaired) electrons. The molecule has 2 aromatic rings. The van der Waals surface area contributed by atoms with Crippen molar-refractivity contribution in [3.8, 4) is 0 Å². The molecule has 7 nitrogen and oxygen atoms in total. The van der Waals surface area contributed by atoms with E-state index in [2.05, 4.69) is 5.10 Å². The number of rotatable bonds is 2. The molecule has 1 saturated heterocycles. The zero-order valence-electron chi connectivity index (χ0n) is 13.2. The Bertz CT molecular complexity index is 777. The van der Waals surface area contributed by atoms with Gasteiger partial charge >= 0.3 is 0 Å². The molecule has 0 spiro atoms. The van der Waals surface area contributed by atoms with Crippen molar-refractivity contribution < 1.29 is 9.59 Å². The molecule has 0 N–H and O–H groups in total. The second-order valence-corrected chi connectivity index (χ2v) is 6.31. The standard InChI is InChI=1S/C16H19N5O2/c1-18-7-5-11(17-18)8-15(22)20-9-13-14(10-20)21-6-3-4-12(21)16(23)19(13)2/h3-7,13-14H,8-10H2,1-2H3/t13-,14+/m0/s1. The molecule has 23 heavy (non-hydrogen) atoms. The maximum atomic E-state index is 12.6. The molecule has 0 aromatic carbocycles. The number of amides is 2. The molecule has 7 heteroatoms. The number of hydrogen-bond acceptors (Lipinski definition) is 3. The Balaban J connectivity index is 1.55. The molecule has 4 rings (SSSR count). The van der Waals surface area contributed by atoms with Crippen LogP contribution in [0.15, 0.2) is 30.6 Å². The molecule has 2 amide bonds. The van der Waals surface area contributed by atoms with Gasteiger partial charge in [0.05, 0.1) is 24.2 Å². The van der Waals surface area contributed by atoms with E-state index in [1.165, 1.54) is 0 Å². The van der Waals surface area contributed by atoms with Crippen molar-refractivity contribution in [2.75, 3.05) is 20.1 Å². The summed E-state index contributed by atoms with van der Waals surface area (Å²) in [5.41, 5.74) is 1.48. The lowest BCUT2D eigenvalue weighted by atomic mass is 10.1. The third kappa shape index (κ3) is 2.15. The molecular formula is C16H19N5O2. The summed E-state index contributed by atoms with van der Waals surface area (Å²) in [6.07, 6.45) is 4.08. The van der Waals surface area contributed by atoms with E-state index in [9.17, 15) is 9.59 Å². The van der Waals surface area contributed by atoms with Crippen LogP contribution < -0.4 is 0 Å². The lowest BCUT2D eigenvalue weighted by molar-refractivity contribution is -0.129. The topological polar surface area (TPSA) is 63.4 Å². The molecule has 2 aliphatic rings. The first-order valence-corrected chi connectivity index (χ1v) is 7.75. The van der Waals surface area contributed by atoms with E-state index in [0.29, 0.717) is 25.2 Å². The van der Waals surface area contributed by atoms with Crippen LogP contribution in [0.5, 0.6) is 0 Å². The molecule has 4 heterocycles. The number of carbonyl (C=O) groups is 2. The zero-order valence-corrected chi connectivity index (χ0v) is 13.2. The largest absolute Gasteiger partial charge is 0.338 e. The maximum absolute atomic E-state index is 12.6. The Morgan fingerprint density at radius 3 is 2.74 bits per heavy atom. The van der Waals surface area contributed by atoms with Crippen molar-refractivity contribution in [3.63, 3.8) is 0 Å². The minimum absolute atomic E-state index is 0.0234. The smallest absolute Gasteiger partial charge is 0.270 e. The van der Waals surface area contributed by atoms with E-state index in [4.69, 9.17) is 0 Å². The van der Waals surface area contributed by atoms with Crippen molar-refractivity contribution in [2.24, 2.45) is 7.05 Å². The van der Waals surface area contributed by atoms with Crippen LogP contribution >= 0.6 is 0 Å². The van der Waals surface area contributed by atoms with Crippen LogP contribution in [-0.4, -0.2) is 62.1 Å². The Kier molecular flexibility index (Phi) is 3.04. The Morgan fingerprint density at radius 1 is 1.22 bits per heavy atom. The number of aryl methyl sites for hydroxylation is 1. The average Bonchev–Trinajstić information content (AvgIpc) is 3.22. The molecule has 1 fully saturated rings. The third-order valence-electron chi connectivity index (χ3n) is 4.89. The Morgan fingerprint density at radius 2 is 2.00 bits per heavy atom. The molecule has 2 atom stereocenters. The van der Waals surface area contributed by atoms with E-state index in [1.54, 1.807) is 9.58 Å². The van der Waals surface area contributed by atoms with Gasteiger partial charge < -0.3 is 14.4 Å². The van der Waals surface area contributed by atoms with Gasteiger partial charge in [0.25, 0.3) is 5.91 Å². The second-order valence-electron chi connectivity index (χ2n) is 6.31. The first-order chi connectivity index (χ1) is 11.0. The summed E-state index contributed by atoms with van der Waals surface area (Å²) in [4.78, 5) is 28.6. The molecule has 2 aliphatic heterocycles. The van der Waals surface area contributed by atoms with Gasteiger partial charge in [0.15, 0.2) is 0 Å². The minimum Gasteiger partial charge on any atom is -0.338 e. The predicted octanol–water partition coefficient (Wildman–Crippen LogP) is 0.302. The number of likely N-dealkylation sites (N-methyl/N-ethyl adjacent to an activating group) is 1. The first kappa shape index (κ1) is 14.0. The number of aromatic nitrogens is 3. The Labute approximate surface area is 134 Å². The molecule has 2 aromatic heterocycles. The van der Waals surface area contributed by atoms with Crippen molar-refractivity contribution in [1.82, 2.24) is 24.1 Å². The highest BCUT2D eigenvalue weighted by atomic mass is 16.2. The number of carbonyl (C=O) groups excluding carboxylic acids is 2. The van der Waals surface area contributed by atoms with Gasteiger partial charge in [0.1, 0.15) is 5.69 Å². The van der Waals surface area contributed by atoms with Gasteiger partial charge in [-0.1, -0.05) is 0 Å². The van der Waals surface area contributed by atoms with Crippen LogP contribution in [0.25, 0.3) is 0 Å². The second kappa shape index (κ2) is 4.97. The summed E-state index contributed by atoms with van der Waals surface area (Å²) >= 11 is 0. The summed E-state index contributed by atoms with van der Waals surface area (Å²) in [5.74, 6) is 0.0860. The summed E-state index contributed by atoms with van der Waals surface area (Å²) < 4.78 is 3.71. The fraction of sp³-hybridized carbons (Fsp3) is 0.438. The van der Waals surface area contributed by atoms with E-state index < -0.39 is 0 Å². The minimum atomic E-state index is 0.0234. The van der Waals surface area contributed by atoms with Crippen LogP contribution in [0.3, 0.4) is 0 Å². The number of nitrogens with zero attached hydrogens (tertiary/aromatic N) is 5. The lowest BCUT2D eigenvalue weighted by Crippen LogP contribution is -2.48. The maximum Gasteiger partial charge on any atom is 0.270 e. The predicted molar refractivity (Wildman–Crippen MR) is 82.8 cm³/mol. The lowest BCUT2D eigenvalue weighted by Gasteiger charge is -2.35. The molecule has 0 bridgehead atoms. The number of fused-ring (bicyclic) bond motifs is 3. The van der Waals surface area contributed by atoms with Gasteiger partial charge in [-0.3, -0.25) is 14.3 Å². The van der Waals surface area contributed by atoms with Gasteiger partial charge in [-0.15, -0.1) is 0 Å². The van der Waals surface area contributed by atoms with Crippen LogP contribution in [0.4, 0.5) is 0 Å². The quantitative estimate of drug-likeness (QED) is 0.801. The van der Waals surface area contributed by atoms with Crippen LogP contribution in [0.1, 0.15) is 22.2 Å². The summed E-state index contributed by atoms with van der Waals surface area (Å²) in [7, 11) is 3.66. The average molecular weight is 313 g/mol. The Hall–Kier alpha value is -2.57. The first-order valence-electron chi connectivity index (χ1n) is 7.75. The van der Waals surface area contributed by atoms with E-state index in [1.807, 2.05) is 54.2 Å². The van der Waals surface area contributed by atoms with Gasteiger partial charge in [-0.05, 0) is 18.2 Å². The van der Waals surface area contributed by atoms with Crippen LogP contribution in [0.2, 0.25) is 0 Å². The van der Waals surface area contributed by atoms with Crippen molar-refractivity contribution >= 4 is 11.8 Å².